The average Bonchev–Trinajstić information content (AvgIpc) is 2.87. The summed E-state index contributed by atoms with van der Waals surface area (Å²) in [7, 11) is 3.18. The SMILES string of the molecule is COc1cccc(OC2(CO)CCCC2)c1OC. The smallest absolute Gasteiger partial charge is 0.203 e. The van der Waals surface area contributed by atoms with Gasteiger partial charge in [0, 0.05) is 0 Å². The van der Waals surface area contributed by atoms with Gasteiger partial charge in [-0.3, -0.25) is 0 Å². The fourth-order valence-electron chi connectivity index (χ4n) is 2.48. The number of hydrogen-bond donors (Lipinski definition) is 1. The van der Waals surface area contributed by atoms with Crippen molar-refractivity contribution in [1.82, 2.24) is 0 Å². The fraction of sp³-hybridized carbons (Fsp3) is 0.571. The van der Waals surface area contributed by atoms with Crippen LogP contribution in [-0.4, -0.2) is 31.5 Å². The third-order valence-electron chi connectivity index (χ3n) is 3.50. The van der Waals surface area contributed by atoms with Gasteiger partial charge in [-0.2, -0.15) is 0 Å². The molecule has 0 heterocycles. The van der Waals surface area contributed by atoms with E-state index < -0.39 is 5.60 Å². The minimum absolute atomic E-state index is 0.0351. The van der Waals surface area contributed by atoms with Gasteiger partial charge in [-0.15, -0.1) is 0 Å². The van der Waals surface area contributed by atoms with Crippen molar-refractivity contribution in [2.75, 3.05) is 20.8 Å². The van der Waals surface area contributed by atoms with Gasteiger partial charge in [-0.25, -0.2) is 0 Å². The highest BCUT2D eigenvalue weighted by Crippen LogP contribution is 2.41. The highest BCUT2D eigenvalue weighted by atomic mass is 16.5. The maximum Gasteiger partial charge on any atom is 0.203 e. The molecule has 0 amide bonds. The monoisotopic (exact) mass is 252 g/mol. The van der Waals surface area contributed by atoms with E-state index in [9.17, 15) is 5.11 Å². The van der Waals surface area contributed by atoms with Crippen LogP contribution in [0.25, 0.3) is 0 Å². The van der Waals surface area contributed by atoms with Crippen LogP contribution in [-0.2, 0) is 0 Å². The Kier molecular flexibility index (Phi) is 3.97. The van der Waals surface area contributed by atoms with Crippen molar-refractivity contribution in [2.24, 2.45) is 0 Å². The Hall–Kier alpha value is -1.42. The van der Waals surface area contributed by atoms with Gasteiger partial charge in [0.2, 0.25) is 5.75 Å². The highest BCUT2D eigenvalue weighted by Gasteiger charge is 2.36. The lowest BCUT2D eigenvalue weighted by Gasteiger charge is -2.29. The first-order valence-electron chi connectivity index (χ1n) is 6.25. The van der Waals surface area contributed by atoms with Gasteiger partial charge in [0.1, 0.15) is 5.60 Å². The summed E-state index contributed by atoms with van der Waals surface area (Å²) >= 11 is 0. The Labute approximate surface area is 107 Å². The number of rotatable bonds is 5. The van der Waals surface area contributed by atoms with E-state index in [0.29, 0.717) is 17.2 Å². The molecule has 4 heteroatoms. The van der Waals surface area contributed by atoms with Crippen LogP contribution in [0, 0.1) is 0 Å². The first kappa shape index (κ1) is 13.0. The van der Waals surface area contributed by atoms with Crippen molar-refractivity contribution in [1.29, 1.82) is 0 Å². The maximum atomic E-state index is 9.57. The van der Waals surface area contributed by atoms with Gasteiger partial charge in [-0.05, 0) is 37.8 Å². The zero-order valence-corrected chi connectivity index (χ0v) is 10.9. The number of aliphatic hydroxyl groups excluding tert-OH is 1. The Morgan fingerprint density at radius 3 is 2.33 bits per heavy atom. The van der Waals surface area contributed by atoms with E-state index in [1.165, 1.54) is 0 Å². The van der Waals surface area contributed by atoms with Crippen LogP contribution in [0.3, 0.4) is 0 Å². The molecule has 0 saturated heterocycles. The molecule has 1 aromatic rings. The molecule has 1 saturated carbocycles. The summed E-state index contributed by atoms with van der Waals surface area (Å²) in [4.78, 5) is 0. The van der Waals surface area contributed by atoms with Crippen LogP contribution < -0.4 is 14.2 Å². The van der Waals surface area contributed by atoms with E-state index >= 15 is 0 Å². The Morgan fingerprint density at radius 2 is 1.78 bits per heavy atom. The molecule has 1 aliphatic rings. The van der Waals surface area contributed by atoms with Gasteiger partial charge < -0.3 is 19.3 Å². The highest BCUT2D eigenvalue weighted by molar-refractivity contribution is 5.51. The summed E-state index contributed by atoms with van der Waals surface area (Å²) < 4.78 is 16.6. The first-order chi connectivity index (χ1) is 8.74. The molecular formula is C14H20O4. The number of para-hydroxylation sites is 1. The second-order valence-corrected chi connectivity index (χ2v) is 4.64. The Morgan fingerprint density at radius 1 is 1.11 bits per heavy atom. The quantitative estimate of drug-likeness (QED) is 0.874. The van der Waals surface area contributed by atoms with Crippen LogP contribution in [0.1, 0.15) is 25.7 Å². The molecule has 1 aliphatic carbocycles. The molecule has 18 heavy (non-hydrogen) atoms. The van der Waals surface area contributed by atoms with Crippen molar-refractivity contribution < 1.29 is 19.3 Å². The predicted octanol–water partition coefficient (Wildman–Crippen LogP) is 2.39. The molecule has 1 fully saturated rings. The number of aliphatic hydroxyl groups is 1. The number of methoxy groups -OCH3 is 2. The molecule has 0 bridgehead atoms. The summed E-state index contributed by atoms with van der Waals surface area (Å²) in [5.74, 6) is 1.86. The van der Waals surface area contributed by atoms with Crippen molar-refractivity contribution in [3.05, 3.63) is 18.2 Å². The lowest BCUT2D eigenvalue weighted by Crippen LogP contribution is -2.36. The summed E-state index contributed by atoms with van der Waals surface area (Å²) in [6.45, 7) is 0.0351. The second kappa shape index (κ2) is 5.48. The van der Waals surface area contributed by atoms with Crippen molar-refractivity contribution >= 4 is 0 Å². The standard InChI is InChI=1S/C14H20O4/c1-16-11-6-5-7-12(13(11)17-2)18-14(10-15)8-3-4-9-14/h5-7,15H,3-4,8-10H2,1-2H3. The molecular weight excluding hydrogens is 232 g/mol. The van der Waals surface area contributed by atoms with Crippen LogP contribution in [0.5, 0.6) is 17.2 Å². The zero-order chi connectivity index (χ0) is 13.0. The molecule has 0 radical (unpaired) electrons. The first-order valence-corrected chi connectivity index (χ1v) is 6.25. The lowest BCUT2D eigenvalue weighted by atomic mass is 10.0. The lowest BCUT2D eigenvalue weighted by molar-refractivity contribution is 0.0130. The van der Waals surface area contributed by atoms with E-state index in [0.717, 1.165) is 25.7 Å². The van der Waals surface area contributed by atoms with E-state index in [2.05, 4.69) is 0 Å². The largest absolute Gasteiger partial charge is 0.493 e. The minimum Gasteiger partial charge on any atom is -0.493 e. The van der Waals surface area contributed by atoms with Gasteiger partial charge >= 0.3 is 0 Å². The molecule has 0 aliphatic heterocycles. The molecule has 100 valence electrons. The topological polar surface area (TPSA) is 47.9 Å². The van der Waals surface area contributed by atoms with E-state index in [4.69, 9.17) is 14.2 Å². The molecule has 0 atom stereocenters. The molecule has 2 rings (SSSR count). The van der Waals surface area contributed by atoms with Gasteiger partial charge in [0.25, 0.3) is 0 Å². The molecule has 4 nitrogen and oxygen atoms in total. The number of ether oxygens (including phenoxy) is 3. The third kappa shape index (κ3) is 2.38. The van der Waals surface area contributed by atoms with Crippen LogP contribution in [0.4, 0.5) is 0 Å². The molecule has 1 N–H and O–H groups in total. The molecule has 0 aromatic heterocycles. The Bertz CT molecular complexity index is 397. The zero-order valence-electron chi connectivity index (χ0n) is 10.9. The van der Waals surface area contributed by atoms with E-state index in [1.54, 1.807) is 14.2 Å². The van der Waals surface area contributed by atoms with Crippen molar-refractivity contribution in [3.63, 3.8) is 0 Å². The normalized spacial score (nSPS) is 17.5. The fourth-order valence-corrected chi connectivity index (χ4v) is 2.48. The van der Waals surface area contributed by atoms with Crippen molar-refractivity contribution in [3.8, 4) is 17.2 Å². The number of hydrogen-bond acceptors (Lipinski definition) is 4. The number of benzene rings is 1. The van der Waals surface area contributed by atoms with Crippen molar-refractivity contribution in [2.45, 2.75) is 31.3 Å². The van der Waals surface area contributed by atoms with Gasteiger partial charge in [0.05, 0.1) is 20.8 Å². The molecule has 0 spiro atoms. The van der Waals surface area contributed by atoms with Crippen LogP contribution in [0.15, 0.2) is 18.2 Å². The van der Waals surface area contributed by atoms with E-state index in [1.807, 2.05) is 18.2 Å². The summed E-state index contributed by atoms with van der Waals surface area (Å²) in [6, 6.07) is 5.53. The average molecular weight is 252 g/mol. The Balaban J connectivity index is 2.27. The molecule has 0 unspecified atom stereocenters. The second-order valence-electron chi connectivity index (χ2n) is 4.64. The minimum atomic E-state index is -0.459. The van der Waals surface area contributed by atoms with Crippen LogP contribution >= 0.6 is 0 Å². The maximum absolute atomic E-state index is 9.57. The summed E-state index contributed by atoms with van der Waals surface area (Å²) in [5, 5.41) is 9.57. The van der Waals surface area contributed by atoms with Gasteiger partial charge in [0.15, 0.2) is 11.5 Å². The summed E-state index contributed by atoms with van der Waals surface area (Å²) in [6.07, 6.45) is 3.94. The van der Waals surface area contributed by atoms with Crippen LogP contribution in [0.2, 0.25) is 0 Å². The van der Waals surface area contributed by atoms with Gasteiger partial charge in [-0.1, -0.05) is 6.07 Å². The predicted molar refractivity (Wildman–Crippen MR) is 68.5 cm³/mol. The summed E-state index contributed by atoms with van der Waals surface area (Å²) in [5.41, 5.74) is -0.459. The molecule has 1 aromatic carbocycles. The van der Waals surface area contributed by atoms with E-state index in [-0.39, 0.29) is 6.61 Å². The third-order valence-corrected chi connectivity index (χ3v) is 3.50.